The van der Waals surface area contributed by atoms with Gasteiger partial charge < -0.3 is 4.74 Å². The number of rotatable bonds is 5. The van der Waals surface area contributed by atoms with Crippen molar-refractivity contribution in [2.75, 3.05) is 6.61 Å². The number of carbonyl (C=O) groups is 1. The second-order valence-corrected chi connectivity index (χ2v) is 11.8. The second-order valence-electron chi connectivity index (χ2n) is 6.30. The van der Waals surface area contributed by atoms with E-state index in [-0.39, 0.29) is 11.0 Å². The highest BCUT2D eigenvalue weighted by Gasteiger charge is 2.81. The maximum atomic E-state index is 12.7. The number of cyclic esters (lactones) is 1. The summed E-state index contributed by atoms with van der Waals surface area (Å²) in [6.07, 6.45) is 0. The Labute approximate surface area is 122 Å². The molecule has 0 bridgehead atoms. The first-order valence-corrected chi connectivity index (χ1v) is 10.5. The third kappa shape index (κ3) is 1.47. The maximum absolute atomic E-state index is 12.7. The SMILES string of the molecule is CC[Si](CC)(CC)[C@@]12C(=O)OC[C@@H]1[C@H]2c1ccccc1. The molecular formula is C17H24O2Si. The van der Waals surface area contributed by atoms with Crippen LogP contribution in [0.25, 0.3) is 0 Å². The predicted octanol–water partition coefficient (Wildman–Crippen LogP) is 4.21. The molecule has 1 saturated heterocycles. The van der Waals surface area contributed by atoms with Crippen LogP contribution < -0.4 is 0 Å². The third-order valence-corrected chi connectivity index (χ3v) is 12.9. The van der Waals surface area contributed by atoms with Crippen molar-refractivity contribution < 1.29 is 9.53 Å². The summed E-state index contributed by atoms with van der Waals surface area (Å²) in [5.74, 6) is 0.994. The van der Waals surface area contributed by atoms with Gasteiger partial charge in [-0.25, -0.2) is 0 Å². The van der Waals surface area contributed by atoms with E-state index in [0.29, 0.717) is 18.4 Å². The first kappa shape index (κ1) is 13.9. The molecular weight excluding hydrogens is 264 g/mol. The van der Waals surface area contributed by atoms with Gasteiger partial charge in [0.25, 0.3) is 0 Å². The van der Waals surface area contributed by atoms with E-state index >= 15 is 0 Å². The molecule has 0 N–H and O–H groups in total. The van der Waals surface area contributed by atoms with Crippen LogP contribution in [0.2, 0.25) is 23.2 Å². The van der Waals surface area contributed by atoms with E-state index in [1.807, 2.05) is 0 Å². The van der Waals surface area contributed by atoms with Crippen LogP contribution >= 0.6 is 0 Å². The van der Waals surface area contributed by atoms with Crippen molar-refractivity contribution in [2.24, 2.45) is 5.92 Å². The summed E-state index contributed by atoms with van der Waals surface area (Å²) in [5.41, 5.74) is 1.35. The van der Waals surface area contributed by atoms with Gasteiger partial charge in [-0.1, -0.05) is 69.2 Å². The first-order valence-electron chi connectivity index (χ1n) is 7.90. The lowest BCUT2D eigenvalue weighted by Crippen LogP contribution is -2.43. The summed E-state index contributed by atoms with van der Waals surface area (Å²) in [6, 6.07) is 14.2. The van der Waals surface area contributed by atoms with Crippen molar-refractivity contribution >= 4 is 14.0 Å². The van der Waals surface area contributed by atoms with E-state index in [1.165, 1.54) is 23.7 Å². The molecule has 1 aliphatic heterocycles. The fourth-order valence-electron chi connectivity index (χ4n) is 4.97. The number of hydrogen-bond donors (Lipinski definition) is 0. The van der Waals surface area contributed by atoms with Gasteiger partial charge >= 0.3 is 5.97 Å². The van der Waals surface area contributed by atoms with Gasteiger partial charge in [-0.05, 0) is 5.56 Å². The Bertz CT molecular complexity index is 501. The van der Waals surface area contributed by atoms with Crippen LogP contribution in [-0.2, 0) is 9.53 Å². The van der Waals surface area contributed by atoms with Crippen LogP contribution in [0.15, 0.2) is 30.3 Å². The maximum Gasteiger partial charge on any atom is 0.310 e. The van der Waals surface area contributed by atoms with Crippen LogP contribution in [0.4, 0.5) is 0 Å². The molecule has 3 atom stereocenters. The average Bonchev–Trinajstić information content (AvgIpc) is 3.07. The van der Waals surface area contributed by atoms with Crippen LogP contribution in [0.5, 0.6) is 0 Å². The van der Waals surface area contributed by atoms with Crippen molar-refractivity contribution in [3.8, 4) is 0 Å². The Kier molecular flexibility index (Phi) is 3.28. The molecule has 1 heterocycles. The molecule has 2 nitrogen and oxygen atoms in total. The van der Waals surface area contributed by atoms with E-state index in [9.17, 15) is 4.79 Å². The molecule has 2 aliphatic rings. The highest BCUT2D eigenvalue weighted by molar-refractivity contribution is 6.87. The number of fused-ring (bicyclic) bond motifs is 1. The van der Waals surface area contributed by atoms with Gasteiger partial charge in [0, 0.05) is 11.8 Å². The lowest BCUT2D eigenvalue weighted by Gasteiger charge is -2.35. The van der Waals surface area contributed by atoms with E-state index in [1.54, 1.807) is 0 Å². The molecule has 0 radical (unpaired) electrons. The summed E-state index contributed by atoms with van der Waals surface area (Å²) < 4.78 is 5.48. The quantitative estimate of drug-likeness (QED) is 0.599. The average molecular weight is 288 g/mol. The standard InChI is InChI=1S/C17H24O2Si/c1-4-20(5-2,6-3)17-14(12-19-16(17)18)15(17)13-10-8-7-9-11-13/h7-11,14-15H,4-6,12H2,1-3H3/t14-,15-,17+/m1/s1. The highest BCUT2D eigenvalue weighted by Crippen LogP contribution is 2.80. The minimum Gasteiger partial charge on any atom is -0.465 e. The summed E-state index contributed by atoms with van der Waals surface area (Å²) >= 11 is 0. The normalized spacial score (nSPS) is 31.9. The molecule has 1 saturated carbocycles. The van der Waals surface area contributed by atoms with Gasteiger partial charge in [0.15, 0.2) is 0 Å². The van der Waals surface area contributed by atoms with E-state index in [4.69, 9.17) is 4.74 Å². The van der Waals surface area contributed by atoms with E-state index < -0.39 is 8.07 Å². The molecule has 3 heteroatoms. The number of ether oxygens (including phenoxy) is 1. The molecule has 0 aromatic heterocycles. The van der Waals surface area contributed by atoms with Crippen molar-refractivity contribution in [2.45, 2.75) is 49.9 Å². The summed E-state index contributed by atoms with van der Waals surface area (Å²) in [6.45, 7) is 7.51. The van der Waals surface area contributed by atoms with Gasteiger partial charge in [-0.3, -0.25) is 4.79 Å². The lowest BCUT2D eigenvalue weighted by molar-refractivity contribution is -0.140. The molecule has 2 fully saturated rings. The van der Waals surface area contributed by atoms with Crippen LogP contribution in [0.3, 0.4) is 0 Å². The van der Waals surface area contributed by atoms with Crippen molar-refractivity contribution in [1.29, 1.82) is 0 Å². The molecule has 0 unspecified atom stereocenters. The van der Waals surface area contributed by atoms with Crippen molar-refractivity contribution in [1.82, 2.24) is 0 Å². The number of benzene rings is 1. The molecule has 108 valence electrons. The summed E-state index contributed by atoms with van der Waals surface area (Å²) in [5, 5.41) is -0.118. The molecule has 20 heavy (non-hydrogen) atoms. The van der Waals surface area contributed by atoms with E-state index in [0.717, 1.165) is 0 Å². The Morgan fingerprint density at radius 3 is 2.30 bits per heavy atom. The van der Waals surface area contributed by atoms with Gasteiger partial charge in [0.05, 0.1) is 19.7 Å². The molecule has 0 spiro atoms. The molecule has 1 aromatic carbocycles. The smallest absolute Gasteiger partial charge is 0.310 e. The predicted molar refractivity (Wildman–Crippen MR) is 83.5 cm³/mol. The van der Waals surface area contributed by atoms with Gasteiger partial charge in [-0.2, -0.15) is 0 Å². The molecule has 0 amide bonds. The Balaban J connectivity index is 2.07. The van der Waals surface area contributed by atoms with Crippen LogP contribution in [-0.4, -0.2) is 20.7 Å². The van der Waals surface area contributed by atoms with Gasteiger partial charge in [0.1, 0.15) is 0 Å². The molecule has 1 aliphatic carbocycles. The highest BCUT2D eigenvalue weighted by atomic mass is 28.3. The summed E-state index contributed by atoms with van der Waals surface area (Å²) in [7, 11) is -1.62. The topological polar surface area (TPSA) is 26.3 Å². The van der Waals surface area contributed by atoms with Crippen molar-refractivity contribution in [3.05, 3.63) is 35.9 Å². The number of hydrogen-bond acceptors (Lipinski definition) is 2. The monoisotopic (exact) mass is 288 g/mol. The Morgan fingerprint density at radius 2 is 1.75 bits per heavy atom. The first-order chi connectivity index (χ1) is 9.68. The fourth-order valence-corrected chi connectivity index (χ4v) is 10.7. The van der Waals surface area contributed by atoms with Crippen LogP contribution in [0.1, 0.15) is 32.3 Å². The number of esters is 1. The largest absolute Gasteiger partial charge is 0.465 e. The Hall–Kier alpha value is -1.09. The van der Waals surface area contributed by atoms with Gasteiger partial charge in [0.2, 0.25) is 0 Å². The third-order valence-electron chi connectivity index (χ3n) is 6.17. The zero-order chi connectivity index (χ0) is 14.4. The fraction of sp³-hybridized carbons (Fsp3) is 0.588. The lowest BCUT2D eigenvalue weighted by atomic mass is 10.1. The molecule has 3 rings (SSSR count). The second kappa shape index (κ2) is 4.73. The minimum absolute atomic E-state index is 0.118. The van der Waals surface area contributed by atoms with Gasteiger partial charge in [-0.15, -0.1) is 0 Å². The van der Waals surface area contributed by atoms with E-state index in [2.05, 4.69) is 51.1 Å². The van der Waals surface area contributed by atoms with Crippen molar-refractivity contribution in [3.63, 3.8) is 0 Å². The summed E-state index contributed by atoms with van der Waals surface area (Å²) in [4.78, 5) is 12.7. The zero-order valence-corrected chi connectivity index (χ0v) is 13.7. The number of carbonyl (C=O) groups excluding carboxylic acids is 1. The molecule has 1 aromatic rings. The minimum atomic E-state index is -1.62. The van der Waals surface area contributed by atoms with Crippen LogP contribution in [0, 0.1) is 5.92 Å². The zero-order valence-electron chi connectivity index (χ0n) is 12.7. The Morgan fingerprint density at radius 1 is 1.15 bits per heavy atom.